The summed E-state index contributed by atoms with van der Waals surface area (Å²) < 4.78 is 12.3. The standard InChI is InChI=1S/C28H31N3O3SSi/c1-28(2,3)36(23-11-6-4-7-12-23,24-13-8-5-9-14-24)34-22-18-31(19-22)27-30-21(20-35-27)17-29-26(32)25-15-10-16-33-25/h4-16,20,22H,17-19H2,1-3H3,(H,29,32). The van der Waals surface area contributed by atoms with Gasteiger partial charge >= 0.3 is 0 Å². The molecule has 0 unspecified atom stereocenters. The molecule has 36 heavy (non-hydrogen) atoms. The molecule has 3 heterocycles. The average Bonchev–Trinajstić information content (AvgIpc) is 3.55. The smallest absolute Gasteiger partial charge is 0.287 e. The first-order chi connectivity index (χ1) is 17.4. The number of nitrogens with zero attached hydrogens (tertiary/aromatic N) is 2. The summed E-state index contributed by atoms with van der Waals surface area (Å²) in [7, 11) is -2.56. The molecule has 0 atom stereocenters. The van der Waals surface area contributed by atoms with Crippen LogP contribution in [0.4, 0.5) is 5.13 Å². The fourth-order valence-electron chi connectivity index (χ4n) is 4.80. The molecule has 6 nitrogen and oxygen atoms in total. The molecule has 0 spiro atoms. The summed E-state index contributed by atoms with van der Waals surface area (Å²) in [5, 5.41) is 8.36. The van der Waals surface area contributed by atoms with Crippen LogP contribution in [0.5, 0.6) is 0 Å². The van der Waals surface area contributed by atoms with Crippen molar-refractivity contribution in [3.63, 3.8) is 0 Å². The molecular formula is C28H31N3O3SSi. The van der Waals surface area contributed by atoms with Crippen molar-refractivity contribution in [2.45, 2.75) is 38.5 Å². The van der Waals surface area contributed by atoms with E-state index in [-0.39, 0.29) is 17.0 Å². The zero-order valence-corrected chi connectivity index (χ0v) is 22.6. The highest BCUT2D eigenvalue weighted by molar-refractivity contribution is 7.13. The lowest BCUT2D eigenvalue weighted by atomic mass is 10.2. The van der Waals surface area contributed by atoms with Crippen LogP contribution in [-0.2, 0) is 11.0 Å². The number of carbonyl (C=O) groups is 1. The summed E-state index contributed by atoms with van der Waals surface area (Å²) in [6, 6.07) is 24.9. The number of amides is 1. The molecule has 2 aromatic carbocycles. The highest BCUT2D eigenvalue weighted by atomic mass is 32.1. The Balaban J connectivity index is 1.29. The maximum atomic E-state index is 12.1. The van der Waals surface area contributed by atoms with E-state index in [9.17, 15) is 4.79 Å². The van der Waals surface area contributed by atoms with E-state index < -0.39 is 8.32 Å². The number of nitrogens with one attached hydrogen (secondary N) is 1. The fourth-order valence-corrected chi connectivity index (χ4v) is 10.3. The SMILES string of the molecule is CC(C)(C)[Si](OC1CN(c2nc(CNC(=O)c3ccco3)cs2)C1)(c1ccccc1)c1ccccc1. The minimum atomic E-state index is -2.56. The Morgan fingerprint density at radius 3 is 2.25 bits per heavy atom. The topological polar surface area (TPSA) is 67.6 Å². The van der Waals surface area contributed by atoms with Crippen molar-refractivity contribution in [1.82, 2.24) is 10.3 Å². The van der Waals surface area contributed by atoms with Gasteiger partial charge in [0.2, 0.25) is 0 Å². The molecule has 1 fully saturated rings. The number of rotatable bonds is 8. The van der Waals surface area contributed by atoms with Gasteiger partial charge in [-0.15, -0.1) is 11.3 Å². The summed E-state index contributed by atoms with van der Waals surface area (Å²) in [6.45, 7) is 8.89. The quantitative estimate of drug-likeness (QED) is 0.350. The molecule has 0 saturated carbocycles. The lowest BCUT2D eigenvalue weighted by Crippen LogP contribution is -2.70. The first kappa shape index (κ1) is 24.5. The van der Waals surface area contributed by atoms with Crippen molar-refractivity contribution in [2.24, 2.45) is 0 Å². The number of anilines is 1. The van der Waals surface area contributed by atoms with Gasteiger partial charge in [-0.2, -0.15) is 0 Å². The van der Waals surface area contributed by atoms with Crippen LogP contribution in [0.15, 0.2) is 88.9 Å². The monoisotopic (exact) mass is 517 g/mol. The molecule has 1 aliphatic heterocycles. The van der Waals surface area contributed by atoms with Gasteiger partial charge in [-0.05, 0) is 27.5 Å². The molecule has 0 bridgehead atoms. The molecule has 1 saturated heterocycles. The van der Waals surface area contributed by atoms with Crippen molar-refractivity contribution in [3.05, 3.63) is 95.9 Å². The van der Waals surface area contributed by atoms with Crippen LogP contribution in [0.3, 0.4) is 0 Å². The molecule has 4 aromatic rings. The molecule has 0 aliphatic carbocycles. The molecule has 186 valence electrons. The molecule has 0 radical (unpaired) electrons. The lowest BCUT2D eigenvalue weighted by Gasteiger charge is -2.49. The van der Waals surface area contributed by atoms with Gasteiger partial charge in [0.05, 0.1) is 24.6 Å². The minimum Gasteiger partial charge on any atom is -0.459 e. The van der Waals surface area contributed by atoms with Crippen molar-refractivity contribution in [1.29, 1.82) is 0 Å². The van der Waals surface area contributed by atoms with E-state index >= 15 is 0 Å². The lowest BCUT2D eigenvalue weighted by molar-refractivity contribution is 0.0922. The number of carbonyl (C=O) groups excluding carboxylic acids is 1. The average molecular weight is 518 g/mol. The first-order valence-corrected chi connectivity index (χ1v) is 15.0. The number of furan rings is 1. The largest absolute Gasteiger partial charge is 0.459 e. The van der Waals surface area contributed by atoms with E-state index in [2.05, 4.69) is 91.7 Å². The Morgan fingerprint density at radius 2 is 1.69 bits per heavy atom. The predicted molar refractivity (Wildman–Crippen MR) is 147 cm³/mol. The Bertz CT molecular complexity index is 1240. The highest BCUT2D eigenvalue weighted by Gasteiger charge is 2.52. The van der Waals surface area contributed by atoms with Crippen LogP contribution >= 0.6 is 11.3 Å². The molecule has 5 rings (SSSR count). The molecule has 8 heteroatoms. The Morgan fingerprint density at radius 1 is 1.06 bits per heavy atom. The third-order valence-corrected chi connectivity index (χ3v) is 12.6. The van der Waals surface area contributed by atoms with Crippen molar-refractivity contribution < 1.29 is 13.6 Å². The van der Waals surface area contributed by atoms with Crippen LogP contribution < -0.4 is 20.6 Å². The van der Waals surface area contributed by atoms with Crippen molar-refractivity contribution >= 4 is 41.1 Å². The van der Waals surface area contributed by atoms with E-state index in [1.54, 1.807) is 23.5 Å². The van der Waals surface area contributed by atoms with Crippen LogP contribution in [-0.4, -0.2) is 38.4 Å². The molecule has 1 amide bonds. The second-order valence-corrected chi connectivity index (χ2v) is 15.2. The summed E-state index contributed by atoms with van der Waals surface area (Å²) in [5.41, 5.74) is 0.839. The van der Waals surface area contributed by atoms with Gasteiger partial charge in [-0.25, -0.2) is 4.98 Å². The molecule has 1 N–H and O–H groups in total. The van der Waals surface area contributed by atoms with Crippen LogP contribution in [0.2, 0.25) is 5.04 Å². The van der Waals surface area contributed by atoms with E-state index in [0.717, 1.165) is 23.9 Å². The molecular weight excluding hydrogens is 486 g/mol. The zero-order chi connectivity index (χ0) is 25.2. The van der Waals surface area contributed by atoms with Gasteiger partial charge in [0.25, 0.3) is 14.2 Å². The first-order valence-electron chi connectivity index (χ1n) is 12.2. The molecule has 1 aliphatic rings. The van der Waals surface area contributed by atoms with Gasteiger partial charge < -0.3 is 19.1 Å². The second-order valence-electron chi connectivity index (χ2n) is 10.1. The Hall–Kier alpha value is -3.20. The number of benzene rings is 2. The van der Waals surface area contributed by atoms with Gasteiger partial charge in [0, 0.05) is 18.5 Å². The second kappa shape index (κ2) is 10.0. The normalized spacial score (nSPS) is 14.5. The van der Waals surface area contributed by atoms with E-state index in [1.807, 2.05) is 5.38 Å². The third-order valence-electron chi connectivity index (χ3n) is 6.59. The number of aromatic nitrogens is 1. The van der Waals surface area contributed by atoms with Gasteiger partial charge in [-0.1, -0.05) is 81.4 Å². The zero-order valence-electron chi connectivity index (χ0n) is 20.8. The Labute approximate surface area is 217 Å². The summed E-state index contributed by atoms with van der Waals surface area (Å²) in [4.78, 5) is 19.1. The van der Waals surface area contributed by atoms with Gasteiger partial charge in [0.15, 0.2) is 10.9 Å². The Kier molecular flexibility index (Phi) is 6.83. The summed E-state index contributed by atoms with van der Waals surface area (Å²) in [6.07, 6.45) is 1.62. The maximum absolute atomic E-state index is 12.1. The van der Waals surface area contributed by atoms with Gasteiger partial charge in [0.1, 0.15) is 0 Å². The number of hydrogen-bond acceptors (Lipinski definition) is 6. The van der Waals surface area contributed by atoms with E-state index in [4.69, 9.17) is 13.8 Å². The maximum Gasteiger partial charge on any atom is 0.287 e. The van der Waals surface area contributed by atoms with E-state index in [0.29, 0.717) is 12.3 Å². The van der Waals surface area contributed by atoms with E-state index in [1.165, 1.54) is 16.6 Å². The van der Waals surface area contributed by atoms with Crippen molar-refractivity contribution in [2.75, 3.05) is 18.0 Å². The number of hydrogen-bond donors (Lipinski definition) is 1. The minimum absolute atomic E-state index is 0.0450. The predicted octanol–water partition coefficient (Wildman–Crippen LogP) is 4.43. The van der Waals surface area contributed by atoms with Crippen molar-refractivity contribution in [3.8, 4) is 0 Å². The summed E-state index contributed by atoms with van der Waals surface area (Å²) >= 11 is 1.60. The van der Waals surface area contributed by atoms with Gasteiger partial charge in [-0.3, -0.25) is 4.79 Å². The summed E-state index contributed by atoms with van der Waals surface area (Å²) in [5.74, 6) is 0.0637. The van der Waals surface area contributed by atoms with Crippen LogP contribution in [0.25, 0.3) is 0 Å². The third kappa shape index (κ3) is 4.76. The highest BCUT2D eigenvalue weighted by Crippen LogP contribution is 2.39. The fraction of sp³-hybridized carbons (Fsp3) is 0.286. The number of thiazole rings is 1. The van der Waals surface area contributed by atoms with Crippen LogP contribution in [0, 0.1) is 0 Å². The molecule has 2 aromatic heterocycles. The van der Waals surface area contributed by atoms with Crippen LogP contribution in [0.1, 0.15) is 37.0 Å².